The highest BCUT2D eigenvalue weighted by Crippen LogP contribution is 2.30. The Labute approximate surface area is 146 Å². The van der Waals surface area contributed by atoms with Crippen LogP contribution in [-0.2, 0) is 4.74 Å². The minimum absolute atomic E-state index is 0.333. The second-order valence-electron chi connectivity index (χ2n) is 5.19. The molecule has 11 heteroatoms. The first-order chi connectivity index (χ1) is 12.1. The minimum Gasteiger partial charge on any atom is -0.394 e. The number of aliphatic hydroxyl groups excluding tert-OH is 3. The van der Waals surface area contributed by atoms with Gasteiger partial charge in [0, 0.05) is 12.4 Å². The molecule has 0 spiro atoms. The first-order valence-electron chi connectivity index (χ1n) is 7.36. The molecule has 1 fully saturated rings. The molecule has 1 aliphatic rings. The Morgan fingerprint density at radius 1 is 1.20 bits per heavy atom. The van der Waals surface area contributed by atoms with Gasteiger partial charge >= 0.3 is 0 Å². The maximum absolute atomic E-state index is 9.97. The summed E-state index contributed by atoms with van der Waals surface area (Å²) < 4.78 is 7.28. The van der Waals surface area contributed by atoms with Crippen molar-refractivity contribution in [2.24, 2.45) is 0 Å². The van der Waals surface area contributed by atoms with Gasteiger partial charge < -0.3 is 25.0 Å². The van der Waals surface area contributed by atoms with Crippen LogP contribution in [0.5, 0.6) is 0 Å². The van der Waals surface area contributed by atoms with E-state index in [0.717, 1.165) is 0 Å². The number of aliphatic hydroxyl groups is 3. The summed E-state index contributed by atoms with van der Waals surface area (Å²) in [6, 6.07) is 1.78. The highest BCUT2D eigenvalue weighted by molar-refractivity contribution is 7.71. The van der Waals surface area contributed by atoms with E-state index in [1.165, 1.54) is 23.5 Å². The van der Waals surface area contributed by atoms with Crippen molar-refractivity contribution >= 4 is 23.4 Å². The van der Waals surface area contributed by atoms with Crippen LogP contribution in [0.15, 0.2) is 37.4 Å². The van der Waals surface area contributed by atoms with Crippen molar-refractivity contribution in [3.05, 3.63) is 42.1 Å². The predicted octanol–water partition coefficient (Wildman–Crippen LogP) is -0.423. The molecule has 10 nitrogen and oxygen atoms in total. The third kappa shape index (κ3) is 3.55. The largest absolute Gasteiger partial charge is 0.394 e. The van der Waals surface area contributed by atoms with Crippen molar-refractivity contribution in [3.63, 3.8) is 0 Å². The number of imidazole rings is 1. The zero-order chi connectivity index (χ0) is 17.8. The average molecular weight is 364 g/mol. The van der Waals surface area contributed by atoms with Gasteiger partial charge in [-0.2, -0.15) is 0 Å². The lowest BCUT2D eigenvalue weighted by atomic mass is 10.1. The summed E-state index contributed by atoms with van der Waals surface area (Å²) in [5.41, 5.74) is 1.02. The van der Waals surface area contributed by atoms with Crippen molar-refractivity contribution in [3.8, 4) is 0 Å². The van der Waals surface area contributed by atoms with Gasteiger partial charge in [-0.25, -0.2) is 19.9 Å². The van der Waals surface area contributed by atoms with E-state index in [2.05, 4.69) is 24.9 Å². The van der Waals surface area contributed by atoms with Crippen molar-refractivity contribution in [2.45, 2.75) is 24.5 Å². The molecule has 4 heterocycles. The maximum Gasteiger partial charge on any atom is 0.165 e. The molecule has 0 saturated carbocycles. The number of ether oxygens (including phenoxy) is 1. The van der Waals surface area contributed by atoms with E-state index >= 15 is 0 Å². The number of aromatic amines is 1. The lowest BCUT2D eigenvalue weighted by Crippen LogP contribution is -2.33. The van der Waals surface area contributed by atoms with Crippen molar-refractivity contribution in [1.29, 1.82) is 0 Å². The molecule has 0 unspecified atom stereocenters. The van der Waals surface area contributed by atoms with E-state index < -0.39 is 24.5 Å². The highest BCUT2D eigenvalue weighted by Gasteiger charge is 2.43. The number of H-pyrrole nitrogens is 1. The summed E-state index contributed by atoms with van der Waals surface area (Å²) in [5.74, 6) is 0. The van der Waals surface area contributed by atoms with Crippen LogP contribution in [0.3, 0.4) is 0 Å². The Kier molecular flexibility index (Phi) is 5.40. The molecule has 4 atom stereocenters. The minimum atomic E-state index is -1.16. The second-order valence-corrected chi connectivity index (χ2v) is 5.58. The molecule has 0 aliphatic carbocycles. The number of nitrogens with zero attached hydrogens (tertiary/aromatic N) is 5. The fraction of sp³-hybridized carbons (Fsp3) is 0.357. The van der Waals surface area contributed by atoms with Crippen LogP contribution in [0.4, 0.5) is 0 Å². The summed E-state index contributed by atoms with van der Waals surface area (Å²) >= 11 is 5.04. The van der Waals surface area contributed by atoms with Crippen LogP contribution in [0, 0.1) is 4.64 Å². The van der Waals surface area contributed by atoms with Crippen molar-refractivity contribution in [2.75, 3.05) is 6.61 Å². The van der Waals surface area contributed by atoms with Crippen LogP contribution in [0.25, 0.3) is 11.2 Å². The van der Waals surface area contributed by atoms with E-state index in [1.54, 1.807) is 18.5 Å². The van der Waals surface area contributed by atoms with Crippen LogP contribution in [0.1, 0.15) is 6.23 Å². The van der Waals surface area contributed by atoms with Gasteiger partial charge in [0.2, 0.25) is 0 Å². The van der Waals surface area contributed by atoms with E-state index in [0.29, 0.717) is 15.8 Å². The summed E-state index contributed by atoms with van der Waals surface area (Å²) in [7, 11) is 0. The molecule has 4 rings (SSSR count). The van der Waals surface area contributed by atoms with Gasteiger partial charge in [0.15, 0.2) is 10.9 Å². The first-order valence-corrected chi connectivity index (χ1v) is 7.77. The molecule has 1 saturated heterocycles. The topological polar surface area (TPSA) is 142 Å². The normalized spacial score (nSPS) is 25.6. The van der Waals surface area contributed by atoms with Crippen molar-refractivity contribution < 1.29 is 20.1 Å². The van der Waals surface area contributed by atoms with Gasteiger partial charge in [0.25, 0.3) is 0 Å². The standard InChI is InChI=1S/C10H12N4O4S.C4H4N2/c15-1-4-6(16)7(17)10(18-4)14-3-13-5-8(14)11-2-12-9(5)19;1-2-5-4-6-3-1/h2-4,6-7,10,15-17H,1H2,(H,11,12,19);1-4H/t4-,6-,7-,10-;/m1./s1. The molecule has 3 aromatic rings. The fourth-order valence-corrected chi connectivity index (χ4v) is 2.63. The maximum atomic E-state index is 9.97. The van der Waals surface area contributed by atoms with Crippen LogP contribution >= 0.6 is 12.2 Å². The zero-order valence-corrected chi connectivity index (χ0v) is 13.7. The third-order valence-electron chi connectivity index (χ3n) is 3.65. The number of nitrogens with one attached hydrogen (secondary N) is 1. The molecule has 0 aromatic carbocycles. The highest BCUT2D eigenvalue weighted by atomic mass is 32.1. The number of hydrogen-bond donors (Lipinski definition) is 4. The van der Waals surface area contributed by atoms with E-state index in [9.17, 15) is 10.2 Å². The quantitative estimate of drug-likeness (QED) is 0.446. The Morgan fingerprint density at radius 2 is 1.96 bits per heavy atom. The Morgan fingerprint density at radius 3 is 2.52 bits per heavy atom. The summed E-state index contributed by atoms with van der Waals surface area (Å²) in [6.45, 7) is -0.376. The van der Waals surface area contributed by atoms with Crippen LogP contribution in [-0.4, -0.2) is 69.7 Å². The number of rotatable bonds is 2. The van der Waals surface area contributed by atoms with Crippen LogP contribution in [0.2, 0.25) is 0 Å². The SMILES string of the molecule is OC[C@H]1O[C@@H](n2cnc3c(=S)nc[nH]c32)[C@H](O)[C@@H]1O.c1cncnc1. The van der Waals surface area contributed by atoms with Crippen LogP contribution < -0.4 is 0 Å². The molecule has 0 radical (unpaired) electrons. The van der Waals surface area contributed by atoms with E-state index in [1.807, 2.05) is 0 Å². The molecule has 0 bridgehead atoms. The smallest absolute Gasteiger partial charge is 0.165 e. The Hall–Kier alpha value is -2.31. The summed E-state index contributed by atoms with van der Waals surface area (Å²) in [4.78, 5) is 18.2. The lowest BCUT2D eigenvalue weighted by Gasteiger charge is -2.16. The predicted molar refractivity (Wildman–Crippen MR) is 87.8 cm³/mol. The van der Waals surface area contributed by atoms with Gasteiger partial charge in [0.1, 0.15) is 35.8 Å². The Balaban J connectivity index is 0.000000258. The Bertz CT molecular complexity index is 846. The average Bonchev–Trinajstić information content (AvgIpc) is 3.20. The van der Waals surface area contributed by atoms with Gasteiger partial charge in [0.05, 0.1) is 19.3 Å². The summed E-state index contributed by atoms with van der Waals surface area (Å²) in [6.07, 6.45) is 3.75. The molecule has 4 N–H and O–H groups in total. The number of fused-ring (bicyclic) bond motifs is 1. The zero-order valence-electron chi connectivity index (χ0n) is 12.9. The second kappa shape index (κ2) is 7.72. The van der Waals surface area contributed by atoms with E-state index in [4.69, 9.17) is 22.1 Å². The van der Waals surface area contributed by atoms with E-state index in [-0.39, 0.29) is 6.61 Å². The third-order valence-corrected chi connectivity index (χ3v) is 3.95. The van der Waals surface area contributed by atoms with Crippen molar-refractivity contribution in [1.82, 2.24) is 29.5 Å². The molecule has 1 aliphatic heterocycles. The fourth-order valence-electron chi connectivity index (χ4n) is 2.43. The molecule has 25 heavy (non-hydrogen) atoms. The van der Waals surface area contributed by atoms with Gasteiger partial charge in [-0.1, -0.05) is 12.2 Å². The lowest BCUT2D eigenvalue weighted by molar-refractivity contribution is -0.0511. The molecule has 3 aromatic heterocycles. The molecular formula is C14H16N6O4S. The molecular weight excluding hydrogens is 348 g/mol. The van der Waals surface area contributed by atoms with Gasteiger partial charge in [-0.15, -0.1) is 0 Å². The van der Waals surface area contributed by atoms with Gasteiger partial charge in [-0.05, 0) is 6.07 Å². The molecule has 132 valence electrons. The first kappa shape index (κ1) is 17.5. The monoisotopic (exact) mass is 364 g/mol. The summed E-state index contributed by atoms with van der Waals surface area (Å²) in [5, 5.41) is 28.8. The van der Waals surface area contributed by atoms with Gasteiger partial charge in [-0.3, -0.25) is 4.57 Å². The number of aromatic nitrogens is 6. The number of hydrogen-bond acceptors (Lipinski definition) is 9. The molecule has 0 amide bonds.